The summed E-state index contributed by atoms with van der Waals surface area (Å²) in [6, 6.07) is 7.79. The van der Waals surface area contributed by atoms with Crippen LogP contribution in [0.3, 0.4) is 0 Å². The van der Waals surface area contributed by atoms with Crippen molar-refractivity contribution >= 4 is 11.6 Å². The summed E-state index contributed by atoms with van der Waals surface area (Å²) in [5.41, 5.74) is 2.82. The van der Waals surface area contributed by atoms with Crippen LogP contribution >= 0.6 is 11.6 Å². The summed E-state index contributed by atoms with van der Waals surface area (Å²) in [6.45, 7) is 6.48. The van der Waals surface area contributed by atoms with E-state index in [2.05, 4.69) is 9.97 Å². The van der Waals surface area contributed by atoms with E-state index in [-0.39, 0.29) is 5.38 Å². The maximum absolute atomic E-state index is 6.07. The van der Waals surface area contributed by atoms with Crippen LogP contribution in [0, 0.1) is 6.92 Å². The first-order valence-electron chi connectivity index (χ1n) is 6.32. The molecule has 0 N–H and O–H groups in total. The second-order valence-electron chi connectivity index (χ2n) is 4.31. The number of halogens is 1. The van der Waals surface area contributed by atoms with Crippen LogP contribution in [0.4, 0.5) is 0 Å². The van der Waals surface area contributed by atoms with Crippen molar-refractivity contribution in [2.24, 2.45) is 0 Å². The van der Waals surface area contributed by atoms with E-state index in [9.17, 15) is 0 Å². The number of alkyl halides is 1. The molecule has 3 nitrogen and oxygen atoms in total. The van der Waals surface area contributed by atoms with Crippen LogP contribution in [0.5, 0.6) is 5.75 Å². The van der Waals surface area contributed by atoms with Gasteiger partial charge in [0.1, 0.15) is 5.75 Å². The summed E-state index contributed by atoms with van der Waals surface area (Å²) in [5.74, 6) is 1.52. The third-order valence-corrected chi connectivity index (χ3v) is 3.08. The third-order valence-electron chi connectivity index (χ3n) is 2.85. The van der Waals surface area contributed by atoms with Crippen molar-refractivity contribution in [2.45, 2.75) is 26.1 Å². The largest absolute Gasteiger partial charge is 0.494 e. The topological polar surface area (TPSA) is 35.0 Å². The van der Waals surface area contributed by atoms with Gasteiger partial charge in [-0.3, -0.25) is 0 Å². The number of ether oxygens (including phenoxy) is 1. The third kappa shape index (κ3) is 3.24. The molecular weight excluding hydrogens is 260 g/mol. The van der Waals surface area contributed by atoms with Gasteiger partial charge in [0, 0.05) is 23.0 Å². The molecule has 1 aromatic heterocycles. The first-order valence-corrected chi connectivity index (χ1v) is 6.76. The molecule has 1 atom stereocenters. The molecule has 2 aromatic rings. The van der Waals surface area contributed by atoms with Crippen LogP contribution in [0.15, 0.2) is 30.5 Å². The van der Waals surface area contributed by atoms with Crippen molar-refractivity contribution in [1.29, 1.82) is 0 Å². The van der Waals surface area contributed by atoms with Crippen LogP contribution < -0.4 is 4.74 Å². The van der Waals surface area contributed by atoms with Gasteiger partial charge in [0.25, 0.3) is 0 Å². The number of hydrogen-bond donors (Lipinski definition) is 0. The Kier molecular flexibility index (Phi) is 4.38. The Bertz CT molecular complexity index is 570. The summed E-state index contributed by atoms with van der Waals surface area (Å²) in [6.07, 6.45) is 1.79. The highest BCUT2D eigenvalue weighted by Crippen LogP contribution is 2.25. The van der Waals surface area contributed by atoms with Crippen molar-refractivity contribution < 1.29 is 4.74 Å². The highest BCUT2D eigenvalue weighted by Gasteiger charge is 2.10. The average molecular weight is 277 g/mol. The SMILES string of the molecule is CCOc1cccc(-c2ncc(C(C)Cl)c(C)n2)c1. The van der Waals surface area contributed by atoms with E-state index in [1.807, 2.05) is 45.0 Å². The van der Waals surface area contributed by atoms with E-state index in [1.54, 1.807) is 6.20 Å². The zero-order valence-electron chi connectivity index (χ0n) is 11.4. The zero-order valence-corrected chi connectivity index (χ0v) is 12.1. The molecule has 1 unspecified atom stereocenters. The molecule has 0 aliphatic carbocycles. The van der Waals surface area contributed by atoms with E-state index >= 15 is 0 Å². The van der Waals surface area contributed by atoms with E-state index in [4.69, 9.17) is 16.3 Å². The summed E-state index contributed by atoms with van der Waals surface area (Å²) in [7, 11) is 0. The molecule has 100 valence electrons. The van der Waals surface area contributed by atoms with Crippen molar-refractivity contribution in [1.82, 2.24) is 9.97 Å². The molecule has 0 amide bonds. The summed E-state index contributed by atoms with van der Waals surface area (Å²) >= 11 is 6.07. The molecule has 1 aromatic carbocycles. The van der Waals surface area contributed by atoms with Gasteiger partial charge in [-0.2, -0.15) is 0 Å². The number of nitrogens with zero attached hydrogens (tertiary/aromatic N) is 2. The lowest BCUT2D eigenvalue weighted by Gasteiger charge is -2.09. The fourth-order valence-corrected chi connectivity index (χ4v) is 2.11. The number of benzene rings is 1. The Balaban J connectivity index is 2.36. The molecule has 0 aliphatic rings. The first-order chi connectivity index (χ1) is 9.11. The van der Waals surface area contributed by atoms with Gasteiger partial charge in [0.05, 0.1) is 12.0 Å². The molecule has 0 fully saturated rings. The normalized spacial score (nSPS) is 12.2. The van der Waals surface area contributed by atoms with E-state index in [1.165, 1.54) is 0 Å². The maximum atomic E-state index is 6.07. The van der Waals surface area contributed by atoms with Gasteiger partial charge >= 0.3 is 0 Å². The fraction of sp³-hybridized carbons (Fsp3) is 0.333. The van der Waals surface area contributed by atoms with E-state index in [0.717, 1.165) is 22.6 Å². The molecule has 2 rings (SSSR count). The van der Waals surface area contributed by atoms with Gasteiger partial charge in [-0.05, 0) is 32.9 Å². The van der Waals surface area contributed by atoms with Crippen LogP contribution in [-0.4, -0.2) is 16.6 Å². The fourth-order valence-electron chi connectivity index (χ4n) is 1.90. The molecule has 1 heterocycles. The Morgan fingerprint density at radius 1 is 1.37 bits per heavy atom. The summed E-state index contributed by atoms with van der Waals surface area (Å²) in [4.78, 5) is 8.90. The van der Waals surface area contributed by atoms with Crippen molar-refractivity contribution in [3.63, 3.8) is 0 Å². The predicted molar refractivity (Wildman–Crippen MR) is 77.6 cm³/mol. The Hall–Kier alpha value is -1.61. The summed E-state index contributed by atoms with van der Waals surface area (Å²) < 4.78 is 5.48. The smallest absolute Gasteiger partial charge is 0.159 e. The van der Waals surface area contributed by atoms with Gasteiger partial charge in [-0.25, -0.2) is 9.97 Å². The lowest BCUT2D eigenvalue weighted by atomic mass is 10.1. The lowest BCUT2D eigenvalue weighted by Crippen LogP contribution is -1.99. The highest BCUT2D eigenvalue weighted by molar-refractivity contribution is 6.20. The molecule has 0 spiro atoms. The monoisotopic (exact) mass is 276 g/mol. The average Bonchev–Trinajstić information content (AvgIpc) is 2.39. The number of rotatable bonds is 4. The number of aryl methyl sites for hydroxylation is 1. The van der Waals surface area contributed by atoms with Gasteiger partial charge in [-0.1, -0.05) is 12.1 Å². The van der Waals surface area contributed by atoms with E-state index in [0.29, 0.717) is 12.4 Å². The first kappa shape index (κ1) is 13.8. The molecule has 0 saturated carbocycles. The zero-order chi connectivity index (χ0) is 13.8. The number of aromatic nitrogens is 2. The molecule has 0 aliphatic heterocycles. The Labute approximate surface area is 118 Å². The minimum Gasteiger partial charge on any atom is -0.494 e. The van der Waals surface area contributed by atoms with Crippen LogP contribution in [0.25, 0.3) is 11.4 Å². The van der Waals surface area contributed by atoms with Crippen LogP contribution in [0.2, 0.25) is 0 Å². The van der Waals surface area contributed by atoms with Crippen LogP contribution in [0.1, 0.15) is 30.5 Å². The highest BCUT2D eigenvalue weighted by atomic mass is 35.5. The van der Waals surface area contributed by atoms with Crippen molar-refractivity contribution in [3.8, 4) is 17.1 Å². The number of hydrogen-bond acceptors (Lipinski definition) is 3. The Morgan fingerprint density at radius 3 is 2.79 bits per heavy atom. The van der Waals surface area contributed by atoms with Gasteiger partial charge in [0.2, 0.25) is 0 Å². The molecule has 0 radical (unpaired) electrons. The van der Waals surface area contributed by atoms with Gasteiger partial charge in [0.15, 0.2) is 5.82 Å². The van der Waals surface area contributed by atoms with Crippen LogP contribution in [-0.2, 0) is 0 Å². The minimum absolute atomic E-state index is 0.0798. The molecule has 0 saturated heterocycles. The van der Waals surface area contributed by atoms with Crippen molar-refractivity contribution in [3.05, 3.63) is 41.7 Å². The minimum atomic E-state index is -0.0798. The second-order valence-corrected chi connectivity index (χ2v) is 4.97. The van der Waals surface area contributed by atoms with Crippen molar-refractivity contribution in [2.75, 3.05) is 6.61 Å². The molecule has 19 heavy (non-hydrogen) atoms. The van der Waals surface area contributed by atoms with Gasteiger partial charge in [-0.15, -0.1) is 11.6 Å². The second kappa shape index (κ2) is 6.02. The molecule has 4 heteroatoms. The predicted octanol–water partition coefficient (Wildman–Crippen LogP) is 4.15. The van der Waals surface area contributed by atoms with E-state index < -0.39 is 0 Å². The Morgan fingerprint density at radius 2 is 2.16 bits per heavy atom. The maximum Gasteiger partial charge on any atom is 0.159 e. The summed E-state index contributed by atoms with van der Waals surface area (Å²) in [5, 5.41) is -0.0798. The quantitative estimate of drug-likeness (QED) is 0.787. The molecule has 0 bridgehead atoms. The standard InChI is InChI=1S/C15H17ClN2O/c1-4-19-13-7-5-6-12(8-13)15-17-9-14(10(2)16)11(3)18-15/h5-10H,4H2,1-3H3. The molecular formula is C15H17ClN2O. The lowest BCUT2D eigenvalue weighted by molar-refractivity contribution is 0.340. The van der Waals surface area contributed by atoms with Gasteiger partial charge < -0.3 is 4.74 Å².